The molecule has 1 saturated carbocycles. The fourth-order valence-corrected chi connectivity index (χ4v) is 3.18. The maximum Gasteiger partial charge on any atom is 0.142 e. The van der Waals surface area contributed by atoms with Gasteiger partial charge in [-0.15, -0.1) is 0 Å². The van der Waals surface area contributed by atoms with Crippen molar-refractivity contribution in [2.45, 2.75) is 33.1 Å². The van der Waals surface area contributed by atoms with Gasteiger partial charge in [0.25, 0.3) is 0 Å². The number of fused-ring (bicyclic) bond motifs is 1. The molecule has 102 valence electrons. The van der Waals surface area contributed by atoms with Crippen molar-refractivity contribution in [2.75, 3.05) is 11.9 Å². The average molecular weight is 258 g/mol. The lowest BCUT2D eigenvalue weighted by Gasteiger charge is -2.32. The molecule has 2 aromatic heterocycles. The Morgan fingerprint density at radius 1 is 1.32 bits per heavy atom. The van der Waals surface area contributed by atoms with E-state index in [0.29, 0.717) is 0 Å². The van der Waals surface area contributed by atoms with Crippen LogP contribution in [0.15, 0.2) is 18.6 Å². The summed E-state index contributed by atoms with van der Waals surface area (Å²) < 4.78 is 0. The molecule has 19 heavy (non-hydrogen) atoms. The highest BCUT2D eigenvalue weighted by Crippen LogP contribution is 2.33. The van der Waals surface area contributed by atoms with Crippen molar-refractivity contribution in [3.63, 3.8) is 0 Å². The zero-order chi connectivity index (χ0) is 13.2. The smallest absolute Gasteiger partial charge is 0.142 e. The summed E-state index contributed by atoms with van der Waals surface area (Å²) in [6, 6.07) is 2.03. The summed E-state index contributed by atoms with van der Waals surface area (Å²) in [6.07, 6.45) is 7.60. The van der Waals surface area contributed by atoms with Gasteiger partial charge in [0.05, 0.1) is 5.39 Å². The van der Waals surface area contributed by atoms with E-state index >= 15 is 0 Å². The normalized spacial score (nSPS) is 27.6. The second kappa shape index (κ2) is 5.19. The number of hydrogen-bond donors (Lipinski definition) is 2. The van der Waals surface area contributed by atoms with Gasteiger partial charge >= 0.3 is 0 Å². The third kappa shape index (κ3) is 2.57. The van der Waals surface area contributed by atoms with E-state index in [1.165, 1.54) is 19.3 Å². The highest BCUT2D eigenvalue weighted by Gasteiger charge is 2.25. The van der Waals surface area contributed by atoms with E-state index in [1.54, 1.807) is 6.33 Å². The van der Waals surface area contributed by atoms with Gasteiger partial charge in [-0.05, 0) is 30.2 Å². The first-order valence-electron chi connectivity index (χ1n) is 7.26. The zero-order valence-corrected chi connectivity index (χ0v) is 11.7. The molecule has 0 bridgehead atoms. The summed E-state index contributed by atoms with van der Waals surface area (Å²) in [5.74, 6) is 3.39. The van der Waals surface area contributed by atoms with Gasteiger partial charge in [-0.2, -0.15) is 0 Å². The Bertz CT molecular complexity index is 548. The lowest BCUT2D eigenvalue weighted by Crippen LogP contribution is -2.28. The molecule has 4 nitrogen and oxygen atoms in total. The lowest BCUT2D eigenvalue weighted by molar-refractivity contribution is 0.214. The Balaban J connectivity index is 1.70. The molecule has 2 aromatic rings. The maximum absolute atomic E-state index is 4.37. The Labute approximate surface area is 114 Å². The molecule has 2 heterocycles. The molecule has 0 saturated heterocycles. The predicted octanol–water partition coefficient (Wildman–Crippen LogP) is 3.44. The molecular formula is C15H22N4. The minimum absolute atomic E-state index is 0.757. The largest absolute Gasteiger partial charge is 0.369 e. The third-order valence-electron chi connectivity index (χ3n) is 4.51. The van der Waals surface area contributed by atoms with Crippen LogP contribution in [0, 0.1) is 17.8 Å². The number of nitrogens with zero attached hydrogens (tertiary/aromatic N) is 2. The van der Waals surface area contributed by atoms with Crippen molar-refractivity contribution in [3.8, 4) is 0 Å². The van der Waals surface area contributed by atoms with Crippen LogP contribution in [0.5, 0.6) is 0 Å². The molecule has 0 spiro atoms. The van der Waals surface area contributed by atoms with Crippen LogP contribution >= 0.6 is 0 Å². The van der Waals surface area contributed by atoms with Crippen LogP contribution in [-0.4, -0.2) is 21.5 Å². The molecule has 0 aromatic carbocycles. The summed E-state index contributed by atoms with van der Waals surface area (Å²) in [4.78, 5) is 11.7. The van der Waals surface area contributed by atoms with Crippen LogP contribution in [0.2, 0.25) is 0 Å². The first-order valence-corrected chi connectivity index (χ1v) is 7.26. The van der Waals surface area contributed by atoms with Gasteiger partial charge in [0.1, 0.15) is 17.8 Å². The topological polar surface area (TPSA) is 53.6 Å². The lowest BCUT2D eigenvalue weighted by atomic mass is 9.75. The molecule has 1 aliphatic carbocycles. The quantitative estimate of drug-likeness (QED) is 0.886. The summed E-state index contributed by atoms with van der Waals surface area (Å²) in [6.45, 7) is 5.76. The first kappa shape index (κ1) is 12.5. The Morgan fingerprint density at radius 2 is 2.21 bits per heavy atom. The molecule has 2 N–H and O–H groups in total. The Morgan fingerprint density at radius 3 is 3.11 bits per heavy atom. The number of aromatic amines is 1. The minimum atomic E-state index is 0.757. The Kier molecular flexibility index (Phi) is 3.40. The molecule has 0 radical (unpaired) electrons. The van der Waals surface area contributed by atoms with E-state index in [2.05, 4.69) is 34.1 Å². The summed E-state index contributed by atoms with van der Waals surface area (Å²) >= 11 is 0. The summed E-state index contributed by atoms with van der Waals surface area (Å²) in [7, 11) is 0. The molecule has 3 atom stereocenters. The minimum Gasteiger partial charge on any atom is -0.369 e. The van der Waals surface area contributed by atoms with Gasteiger partial charge in [-0.25, -0.2) is 9.97 Å². The van der Waals surface area contributed by atoms with Crippen molar-refractivity contribution < 1.29 is 0 Å². The third-order valence-corrected chi connectivity index (χ3v) is 4.51. The van der Waals surface area contributed by atoms with Crippen LogP contribution in [0.3, 0.4) is 0 Å². The van der Waals surface area contributed by atoms with Crippen molar-refractivity contribution in [2.24, 2.45) is 17.8 Å². The van der Waals surface area contributed by atoms with E-state index in [9.17, 15) is 0 Å². The molecule has 4 heteroatoms. The second-order valence-electron chi connectivity index (χ2n) is 6.00. The fraction of sp³-hybridized carbons (Fsp3) is 0.600. The van der Waals surface area contributed by atoms with E-state index in [1.807, 2.05) is 12.3 Å². The molecule has 3 unspecified atom stereocenters. The highest BCUT2D eigenvalue weighted by atomic mass is 15.0. The van der Waals surface area contributed by atoms with Crippen LogP contribution in [0.1, 0.15) is 33.1 Å². The van der Waals surface area contributed by atoms with Gasteiger partial charge in [0, 0.05) is 12.7 Å². The molecule has 3 rings (SSSR count). The van der Waals surface area contributed by atoms with Crippen LogP contribution in [0.4, 0.5) is 5.82 Å². The van der Waals surface area contributed by atoms with Crippen molar-refractivity contribution in [1.29, 1.82) is 0 Å². The first-order chi connectivity index (χ1) is 9.24. The van der Waals surface area contributed by atoms with Crippen molar-refractivity contribution in [3.05, 3.63) is 18.6 Å². The molecule has 1 fully saturated rings. The molecule has 0 amide bonds. The van der Waals surface area contributed by atoms with Crippen LogP contribution in [0.25, 0.3) is 11.0 Å². The van der Waals surface area contributed by atoms with Crippen LogP contribution < -0.4 is 5.32 Å². The maximum atomic E-state index is 4.37. The number of H-pyrrole nitrogens is 1. The molecule has 0 aliphatic heterocycles. The monoisotopic (exact) mass is 258 g/mol. The van der Waals surface area contributed by atoms with Gasteiger partial charge in [0.15, 0.2) is 0 Å². The standard InChI is InChI=1S/C15H22N4/c1-10-3-4-11(2)12(7-10)8-17-15-13-5-6-16-14(13)18-9-19-15/h5-6,9-12H,3-4,7-8H2,1-2H3,(H2,16,17,18,19). The summed E-state index contributed by atoms with van der Waals surface area (Å²) in [5.41, 5.74) is 0.905. The van der Waals surface area contributed by atoms with E-state index in [0.717, 1.165) is 41.1 Å². The van der Waals surface area contributed by atoms with E-state index in [4.69, 9.17) is 0 Å². The molecule has 1 aliphatic rings. The van der Waals surface area contributed by atoms with Crippen molar-refractivity contribution >= 4 is 16.9 Å². The number of aromatic nitrogens is 3. The van der Waals surface area contributed by atoms with Gasteiger partial charge < -0.3 is 10.3 Å². The SMILES string of the molecule is CC1CCC(C)C(CNc2ncnc3[nH]ccc23)C1. The number of anilines is 1. The van der Waals surface area contributed by atoms with Gasteiger partial charge in [0.2, 0.25) is 0 Å². The number of rotatable bonds is 3. The highest BCUT2D eigenvalue weighted by molar-refractivity contribution is 5.86. The molecular weight excluding hydrogens is 236 g/mol. The number of nitrogens with one attached hydrogen (secondary N) is 2. The van der Waals surface area contributed by atoms with Gasteiger partial charge in [-0.3, -0.25) is 0 Å². The fourth-order valence-electron chi connectivity index (χ4n) is 3.18. The average Bonchev–Trinajstić information content (AvgIpc) is 2.88. The Hall–Kier alpha value is -1.58. The zero-order valence-electron chi connectivity index (χ0n) is 11.7. The van der Waals surface area contributed by atoms with Crippen LogP contribution in [-0.2, 0) is 0 Å². The predicted molar refractivity (Wildman–Crippen MR) is 78.0 cm³/mol. The summed E-state index contributed by atoms with van der Waals surface area (Å²) in [5, 5.41) is 4.61. The van der Waals surface area contributed by atoms with Gasteiger partial charge in [-0.1, -0.05) is 26.7 Å². The number of hydrogen-bond acceptors (Lipinski definition) is 3. The van der Waals surface area contributed by atoms with E-state index in [-0.39, 0.29) is 0 Å². The van der Waals surface area contributed by atoms with Crippen molar-refractivity contribution in [1.82, 2.24) is 15.0 Å². The van der Waals surface area contributed by atoms with E-state index < -0.39 is 0 Å². The second-order valence-corrected chi connectivity index (χ2v) is 6.00.